The molecular weight excluding hydrogens is 290 g/mol. The molecule has 0 radical (unpaired) electrons. The average Bonchev–Trinajstić information content (AvgIpc) is 3.06. The topological polar surface area (TPSA) is 41.0 Å². The highest BCUT2D eigenvalue weighted by molar-refractivity contribution is 7.71. The molecule has 6 heteroatoms. The van der Waals surface area contributed by atoms with Gasteiger partial charge in [0, 0.05) is 18.6 Å². The van der Waals surface area contributed by atoms with Gasteiger partial charge in [0.05, 0.1) is 5.52 Å². The SMILES string of the molecule is O=c1c2sccc2[nH]c(=S)n1C1CCN2CCCC2C1. The first-order chi connectivity index (χ1) is 9.74. The third kappa shape index (κ3) is 1.89. The molecule has 1 N–H and O–H groups in total. The Morgan fingerprint density at radius 2 is 2.20 bits per heavy atom. The fraction of sp³-hybridized carbons (Fsp3) is 0.571. The number of hydrogen-bond acceptors (Lipinski definition) is 4. The highest BCUT2D eigenvalue weighted by Gasteiger charge is 2.33. The zero-order valence-corrected chi connectivity index (χ0v) is 12.8. The maximum absolute atomic E-state index is 12.7. The monoisotopic (exact) mass is 307 g/mol. The summed E-state index contributed by atoms with van der Waals surface area (Å²) in [5, 5.41) is 1.95. The van der Waals surface area contributed by atoms with Gasteiger partial charge in [-0.15, -0.1) is 11.3 Å². The van der Waals surface area contributed by atoms with Crippen molar-refractivity contribution in [3.63, 3.8) is 0 Å². The Labute approximate surface area is 126 Å². The molecule has 0 spiro atoms. The summed E-state index contributed by atoms with van der Waals surface area (Å²) in [5.74, 6) is 0. The highest BCUT2D eigenvalue weighted by Crippen LogP contribution is 2.32. The van der Waals surface area contributed by atoms with Crippen LogP contribution in [0.25, 0.3) is 10.2 Å². The molecule has 2 aromatic rings. The number of hydrogen-bond donors (Lipinski definition) is 1. The molecule has 106 valence electrons. The predicted molar refractivity (Wildman–Crippen MR) is 84.1 cm³/mol. The number of aromatic nitrogens is 2. The molecule has 2 saturated heterocycles. The summed E-state index contributed by atoms with van der Waals surface area (Å²) in [5.41, 5.74) is 0.967. The lowest BCUT2D eigenvalue weighted by Crippen LogP contribution is -2.41. The minimum Gasteiger partial charge on any atom is -0.331 e. The van der Waals surface area contributed by atoms with Crippen LogP contribution in [0, 0.1) is 4.77 Å². The Hall–Kier alpha value is -0.980. The van der Waals surface area contributed by atoms with Crippen LogP contribution < -0.4 is 5.56 Å². The third-order valence-corrected chi connectivity index (χ3v) is 5.90. The van der Waals surface area contributed by atoms with Crippen LogP contribution in [0.15, 0.2) is 16.2 Å². The van der Waals surface area contributed by atoms with Crippen LogP contribution in [0.5, 0.6) is 0 Å². The van der Waals surface area contributed by atoms with Crippen LogP contribution in [0.2, 0.25) is 0 Å². The van der Waals surface area contributed by atoms with Crippen LogP contribution in [0.1, 0.15) is 31.7 Å². The van der Waals surface area contributed by atoms with E-state index in [0.29, 0.717) is 10.8 Å². The van der Waals surface area contributed by atoms with Gasteiger partial charge in [0.15, 0.2) is 4.77 Å². The molecule has 0 amide bonds. The zero-order chi connectivity index (χ0) is 13.7. The maximum Gasteiger partial charge on any atom is 0.272 e. The summed E-state index contributed by atoms with van der Waals surface area (Å²) < 4.78 is 3.22. The molecule has 0 aromatic carbocycles. The van der Waals surface area contributed by atoms with Gasteiger partial charge in [-0.2, -0.15) is 0 Å². The molecular formula is C14H17N3OS2. The van der Waals surface area contributed by atoms with E-state index in [4.69, 9.17) is 12.2 Å². The lowest BCUT2D eigenvalue weighted by Gasteiger charge is -2.35. The minimum atomic E-state index is 0.0928. The van der Waals surface area contributed by atoms with E-state index in [-0.39, 0.29) is 11.6 Å². The molecule has 2 atom stereocenters. The fourth-order valence-electron chi connectivity index (χ4n) is 3.72. The summed E-state index contributed by atoms with van der Waals surface area (Å²) in [4.78, 5) is 18.5. The van der Waals surface area contributed by atoms with E-state index >= 15 is 0 Å². The van der Waals surface area contributed by atoms with Crippen molar-refractivity contribution in [2.45, 2.75) is 37.8 Å². The summed E-state index contributed by atoms with van der Waals surface area (Å²) in [6.07, 6.45) is 4.66. The van der Waals surface area contributed by atoms with Gasteiger partial charge >= 0.3 is 0 Å². The fourth-order valence-corrected chi connectivity index (χ4v) is 4.85. The number of thiophene rings is 1. The average molecular weight is 307 g/mol. The molecule has 20 heavy (non-hydrogen) atoms. The van der Waals surface area contributed by atoms with Crippen molar-refractivity contribution in [2.75, 3.05) is 13.1 Å². The van der Waals surface area contributed by atoms with Crippen molar-refractivity contribution in [3.8, 4) is 0 Å². The van der Waals surface area contributed by atoms with Gasteiger partial charge in [0.25, 0.3) is 5.56 Å². The van der Waals surface area contributed by atoms with E-state index in [2.05, 4.69) is 9.88 Å². The Kier molecular flexibility index (Phi) is 3.05. The minimum absolute atomic E-state index is 0.0928. The summed E-state index contributed by atoms with van der Waals surface area (Å²) in [7, 11) is 0. The Balaban J connectivity index is 1.78. The first kappa shape index (κ1) is 12.7. The van der Waals surface area contributed by atoms with Crippen molar-refractivity contribution in [2.24, 2.45) is 0 Å². The number of aromatic amines is 1. The van der Waals surface area contributed by atoms with Crippen LogP contribution in [0.3, 0.4) is 0 Å². The van der Waals surface area contributed by atoms with Gasteiger partial charge in [0.1, 0.15) is 4.70 Å². The molecule has 2 unspecified atom stereocenters. The van der Waals surface area contributed by atoms with Crippen molar-refractivity contribution < 1.29 is 0 Å². The molecule has 0 bridgehead atoms. The normalized spacial score (nSPS) is 27.0. The van der Waals surface area contributed by atoms with E-state index in [1.165, 1.54) is 30.7 Å². The van der Waals surface area contributed by atoms with Gasteiger partial charge < -0.3 is 9.88 Å². The Morgan fingerprint density at radius 1 is 1.30 bits per heavy atom. The maximum atomic E-state index is 12.7. The number of nitrogens with one attached hydrogen (secondary N) is 1. The van der Waals surface area contributed by atoms with E-state index in [1.54, 1.807) is 0 Å². The Morgan fingerprint density at radius 3 is 3.10 bits per heavy atom. The summed E-state index contributed by atoms with van der Waals surface area (Å²) in [6, 6.07) is 2.84. The summed E-state index contributed by atoms with van der Waals surface area (Å²) in [6.45, 7) is 2.32. The number of rotatable bonds is 1. The smallest absolute Gasteiger partial charge is 0.272 e. The largest absolute Gasteiger partial charge is 0.331 e. The van der Waals surface area contributed by atoms with Crippen molar-refractivity contribution >= 4 is 33.8 Å². The number of fused-ring (bicyclic) bond motifs is 2. The number of piperidine rings is 1. The molecule has 2 aliphatic heterocycles. The standard InChI is InChI=1S/C14H17N3OS2/c18-13-12-11(4-7-20-12)15-14(19)17(13)10-3-6-16-5-1-2-9(16)8-10/h4,7,9-10H,1-3,5-6,8H2,(H,15,19). The lowest BCUT2D eigenvalue weighted by atomic mass is 9.97. The molecule has 0 aliphatic carbocycles. The van der Waals surface area contributed by atoms with Crippen LogP contribution in [-0.4, -0.2) is 33.6 Å². The van der Waals surface area contributed by atoms with E-state index in [0.717, 1.165) is 29.6 Å². The molecule has 4 nitrogen and oxygen atoms in total. The third-order valence-electron chi connectivity index (χ3n) is 4.70. The van der Waals surface area contributed by atoms with Crippen LogP contribution in [-0.2, 0) is 0 Å². The van der Waals surface area contributed by atoms with Crippen molar-refractivity contribution in [1.29, 1.82) is 0 Å². The molecule has 0 saturated carbocycles. The molecule has 2 fully saturated rings. The van der Waals surface area contributed by atoms with Gasteiger partial charge in [0.2, 0.25) is 0 Å². The summed E-state index contributed by atoms with van der Waals surface area (Å²) >= 11 is 6.93. The number of H-pyrrole nitrogens is 1. The lowest BCUT2D eigenvalue weighted by molar-refractivity contribution is 0.153. The van der Waals surface area contributed by atoms with Gasteiger partial charge in [-0.3, -0.25) is 9.36 Å². The van der Waals surface area contributed by atoms with Crippen molar-refractivity contribution in [1.82, 2.24) is 14.5 Å². The Bertz CT molecular complexity index is 760. The van der Waals surface area contributed by atoms with Crippen molar-refractivity contribution in [3.05, 3.63) is 26.6 Å². The molecule has 2 aliphatic rings. The van der Waals surface area contributed by atoms with Crippen LogP contribution >= 0.6 is 23.6 Å². The van der Waals surface area contributed by atoms with E-state index in [1.807, 2.05) is 16.0 Å². The zero-order valence-electron chi connectivity index (χ0n) is 11.2. The second-order valence-electron chi connectivity index (χ2n) is 5.78. The van der Waals surface area contributed by atoms with Gasteiger partial charge in [-0.05, 0) is 55.9 Å². The highest BCUT2D eigenvalue weighted by atomic mass is 32.1. The first-order valence-electron chi connectivity index (χ1n) is 7.20. The molecule has 4 rings (SSSR count). The van der Waals surface area contributed by atoms with Gasteiger partial charge in [-0.25, -0.2) is 0 Å². The molecule has 4 heterocycles. The van der Waals surface area contributed by atoms with E-state index in [9.17, 15) is 4.79 Å². The first-order valence-corrected chi connectivity index (χ1v) is 8.49. The molecule has 2 aromatic heterocycles. The van der Waals surface area contributed by atoms with Crippen LogP contribution in [0.4, 0.5) is 0 Å². The quantitative estimate of drug-likeness (QED) is 0.824. The van der Waals surface area contributed by atoms with Gasteiger partial charge in [-0.1, -0.05) is 0 Å². The number of nitrogens with zero attached hydrogens (tertiary/aromatic N) is 2. The predicted octanol–water partition coefficient (Wildman–Crippen LogP) is 2.92. The second-order valence-corrected chi connectivity index (χ2v) is 7.08. The van der Waals surface area contributed by atoms with E-state index < -0.39 is 0 Å². The second kappa shape index (κ2) is 4.79.